The van der Waals surface area contributed by atoms with E-state index in [1.165, 1.54) is 5.69 Å². The number of aryl methyl sites for hydroxylation is 1. The molecule has 1 saturated carbocycles. The molecule has 3 nitrogen and oxygen atoms in total. The van der Waals surface area contributed by atoms with Gasteiger partial charge in [0.15, 0.2) is 0 Å². The highest BCUT2D eigenvalue weighted by molar-refractivity contribution is 5.90. The Morgan fingerprint density at radius 3 is 2.50 bits per heavy atom. The Labute approximate surface area is 108 Å². The van der Waals surface area contributed by atoms with E-state index < -0.39 is 5.41 Å². The molecule has 3 heteroatoms. The number of hydrogen-bond donors (Lipinski definition) is 0. The summed E-state index contributed by atoms with van der Waals surface area (Å²) in [5.41, 5.74) is 2.84. The van der Waals surface area contributed by atoms with E-state index in [2.05, 4.69) is 44.4 Å². The van der Waals surface area contributed by atoms with E-state index in [1.807, 2.05) is 0 Å². The van der Waals surface area contributed by atoms with Gasteiger partial charge in [-0.3, -0.25) is 4.79 Å². The smallest absolute Gasteiger partial charge is 0.136 e. The van der Waals surface area contributed by atoms with Gasteiger partial charge in [-0.25, -0.2) is 0 Å². The van der Waals surface area contributed by atoms with E-state index in [1.54, 1.807) is 0 Å². The summed E-state index contributed by atoms with van der Waals surface area (Å²) in [7, 11) is 0. The van der Waals surface area contributed by atoms with Crippen LogP contribution in [0, 0.1) is 31.1 Å². The first-order valence-corrected chi connectivity index (χ1v) is 6.50. The number of ketones is 1. The lowest BCUT2D eigenvalue weighted by atomic mass is 9.64. The number of aromatic nitrogens is 1. The average molecular weight is 244 g/mol. The monoisotopic (exact) mass is 244 g/mol. The maximum absolute atomic E-state index is 11.3. The Bertz CT molecular complexity index is 523. The molecular weight excluding hydrogens is 224 g/mol. The minimum absolute atomic E-state index is 0.199. The van der Waals surface area contributed by atoms with Gasteiger partial charge in [-0.2, -0.15) is 5.26 Å². The predicted molar refractivity (Wildman–Crippen MR) is 70.3 cm³/mol. The summed E-state index contributed by atoms with van der Waals surface area (Å²) in [5.74, 6) is 0.772. The summed E-state index contributed by atoms with van der Waals surface area (Å²) in [5, 5.41) is 9.40. The lowest BCUT2D eigenvalue weighted by Crippen LogP contribution is -2.40. The maximum Gasteiger partial charge on any atom is 0.136 e. The molecule has 0 radical (unpaired) electrons. The molecule has 0 saturated heterocycles. The largest absolute Gasteiger partial charge is 0.349 e. The minimum Gasteiger partial charge on any atom is -0.349 e. The fraction of sp³-hybridized carbons (Fsp3) is 0.600. The average Bonchev–Trinajstić information content (AvgIpc) is 2.52. The highest BCUT2D eigenvalue weighted by Gasteiger charge is 2.47. The Balaban J connectivity index is 2.42. The molecule has 1 aromatic heterocycles. The zero-order chi connectivity index (χ0) is 13.5. The highest BCUT2D eigenvalue weighted by Crippen LogP contribution is 2.43. The topological polar surface area (TPSA) is 45.8 Å². The van der Waals surface area contributed by atoms with Crippen molar-refractivity contribution in [3.8, 4) is 6.07 Å². The molecule has 0 unspecified atom stereocenters. The Hall–Kier alpha value is -1.56. The second-order valence-electron chi connectivity index (χ2n) is 5.88. The second kappa shape index (κ2) is 4.28. The molecule has 0 amide bonds. The molecule has 0 atom stereocenters. The van der Waals surface area contributed by atoms with Gasteiger partial charge in [0.1, 0.15) is 5.78 Å². The zero-order valence-electron chi connectivity index (χ0n) is 11.6. The van der Waals surface area contributed by atoms with Crippen molar-refractivity contribution in [2.45, 2.75) is 52.5 Å². The van der Waals surface area contributed by atoms with E-state index in [4.69, 9.17) is 0 Å². The molecule has 0 bridgehead atoms. The van der Waals surface area contributed by atoms with Crippen molar-refractivity contribution in [2.75, 3.05) is 0 Å². The Morgan fingerprint density at radius 1 is 1.44 bits per heavy atom. The van der Waals surface area contributed by atoms with E-state index in [0.29, 0.717) is 18.8 Å². The van der Waals surface area contributed by atoms with Crippen LogP contribution >= 0.6 is 0 Å². The number of carbonyl (C=O) groups is 1. The van der Waals surface area contributed by atoms with Crippen molar-refractivity contribution in [3.63, 3.8) is 0 Å². The van der Waals surface area contributed by atoms with Crippen molar-refractivity contribution < 1.29 is 4.79 Å². The second-order valence-corrected chi connectivity index (χ2v) is 5.88. The van der Waals surface area contributed by atoms with Crippen molar-refractivity contribution in [2.24, 2.45) is 5.92 Å². The number of nitrogens with zero attached hydrogens (tertiary/aromatic N) is 2. The first-order valence-electron chi connectivity index (χ1n) is 6.50. The number of rotatable bonds is 3. The van der Waals surface area contributed by atoms with Crippen molar-refractivity contribution in [3.05, 3.63) is 23.0 Å². The van der Waals surface area contributed by atoms with Crippen LogP contribution in [0.15, 0.2) is 6.07 Å². The molecular formula is C15H20N2O. The molecule has 0 spiro atoms. The normalized spacial score (nSPS) is 17.7. The third-order valence-corrected chi connectivity index (χ3v) is 3.85. The van der Waals surface area contributed by atoms with Crippen LogP contribution < -0.4 is 0 Å². The molecule has 1 aliphatic carbocycles. The Morgan fingerprint density at radius 2 is 2.06 bits per heavy atom. The maximum atomic E-state index is 11.3. The summed E-state index contributed by atoms with van der Waals surface area (Å²) in [6, 6.07) is 4.45. The quantitative estimate of drug-likeness (QED) is 0.820. The first kappa shape index (κ1) is 12.9. The van der Waals surface area contributed by atoms with Gasteiger partial charge in [0, 0.05) is 30.8 Å². The molecule has 0 aliphatic heterocycles. The van der Waals surface area contributed by atoms with Gasteiger partial charge in [0.05, 0.1) is 11.5 Å². The van der Waals surface area contributed by atoms with Crippen LogP contribution in [-0.2, 0) is 16.8 Å². The first-order chi connectivity index (χ1) is 8.39. The third kappa shape index (κ3) is 1.86. The van der Waals surface area contributed by atoms with Gasteiger partial charge in [-0.05, 0) is 31.4 Å². The molecule has 1 heterocycles. The summed E-state index contributed by atoms with van der Waals surface area (Å²) in [6.45, 7) is 9.47. The SMILES string of the molecule is Cc1cc(C2(C#N)CC(=O)C2)c(C)n1CC(C)C. The van der Waals surface area contributed by atoms with Crippen LogP contribution in [0.3, 0.4) is 0 Å². The zero-order valence-corrected chi connectivity index (χ0v) is 11.6. The standard InChI is InChI=1S/C15H20N2O/c1-10(2)8-17-11(3)5-14(12(17)4)15(9-16)6-13(18)7-15/h5,10H,6-8H2,1-4H3. The van der Waals surface area contributed by atoms with Gasteiger partial charge in [0.25, 0.3) is 0 Å². The fourth-order valence-corrected chi connectivity index (χ4v) is 2.88. The molecule has 0 aromatic carbocycles. The van der Waals surface area contributed by atoms with E-state index in [9.17, 15) is 10.1 Å². The Kier molecular flexibility index (Phi) is 3.06. The lowest BCUT2D eigenvalue weighted by molar-refractivity contribution is -0.126. The van der Waals surface area contributed by atoms with E-state index >= 15 is 0 Å². The number of hydrogen-bond acceptors (Lipinski definition) is 2. The number of carbonyl (C=O) groups excluding carboxylic acids is 1. The minimum atomic E-state index is -0.547. The molecule has 96 valence electrons. The molecule has 1 aliphatic rings. The van der Waals surface area contributed by atoms with Crippen molar-refractivity contribution >= 4 is 5.78 Å². The van der Waals surface area contributed by atoms with Gasteiger partial charge < -0.3 is 4.57 Å². The van der Waals surface area contributed by atoms with Gasteiger partial charge >= 0.3 is 0 Å². The van der Waals surface area contributed by atoms with E-state index in [0.717, 1.165) is 17.8 Å². The van der Waals surface area contributed by atoms with Crippen LogP contribution in [0.2, 0.25) is 0 Å². The molecule has 1 fully saturated rings. The van der Waals surface area contributed by atoms with Crippen LogP contribution in [-0.4, -0.2) is 10.4 Å². The van der Waals surface area contributed by atoms with Gasteiger partial charge in [-0.1, -0.05) is 13.8 Å². The van der Waals surface area contributed by atoms with Crippen LogP contribution in [0.4, 0.5) is 0 Å². The van der Waals surface area contributed by atoms with Crippen LogP contribution in [0.25, 0.3) is 0 Å². The summed E-state index contributed by atoms with van der Waals surface area (Å²) < 4.78 is 2.27. The van der Waals surface area contributed by atoms with Crippen LogP contribution in [0.1, 0.15) is 43.6 Å². The molecule has 1 aromatic rings. The van der Waals surface area contributed by atoms with Gasteiger partial charge in [0.2, 0.25) is 0 Å². The van der Waals surface area contributed by atoms with Crippen LogP contribution in [0.5, 0.6) is 0 Å². The number of nitriles is 1. The van der Waals surface area contributed by atoms with E-state index in [-0.39, 0.29) is 5.78 Å². The summed E-state index contributed by atoms with van der Waals surface area (Å²) in [4.78, 5) is 11.3. The fourth-order valence-electron chi connectivity index (χ4n) is 2.88. The molecule has 18 heavy (non-hydrogen) atoms. The van der Waals surface area contributed by atoms with Crippen molar-refractivity contribution in [1.82, 2.24) is 4.57 Å². The summed E-state index contributed by atoms with van der Waals surface area (Å²) >= 11 is 0. The number of Topliss-reactive ketones (excluding diaryl/α,β-unsaturated/α-hetero) is 1. The molecule has 2 rings (SSSR count). The van der Waals surface area contributed by atoms with Gasteiger partial charge in [-0.15, -0.1) is 0 Å². The lowest BCUT2D eigenvalue weighted by Gasteiger charge is -2.34. The third-order valence-electron chi connectivity index (χ3n) is 3.85. The highest BCUT2D eigenvalue weighted by atomic mass is 16.1. The predicted octanol–water partition coefficient (Wildman–Crippen LogP) is 2.89. The molecule has 0 N–H and O–H groups in total. The summed E-state index contributed by atoms with van der Waals surface area (Å²) in [6.07, 6.45) is 0.769. The van der Waals surface area contributed by atoms with Crippen molar-refractivity contribution in [1.29, 1.82) is 5.26 Å².